The van der Waals surface area contributed by atoms with E-state index in [4.69, 9.17) is 9.84 Å². The van der Waals surface area contributed by atoms with E-state index in [-0.39, 0.29) is 11.3 Å². The fraction of sp³-hybridized carbons (Fsp3) is 0.467. The number of carboxylic acids is 1. The molecule has 1 fully saturated rings. The minimum atomic E-state index is -1.00. The zero-order valence-corrected chi connectivity index (χ0v) is 11.7. The van der Waals surface area contributed by atoms with Gasteiger partial charge in [0.1, 0.15) is 0 Å². The van der Waals surface area contributed by atoms with Crippen LogP contribution in [-0.4, -0.2) is 33.3 Å². The molecule has 1 aliphatic rings. The molecule has 0 spiro atoms. The van der Waals surface area contributed by atoms with Gasteiger partial charge in [-0.2, -0.15) is 0 Å². The van der Waals surface area contributed by atoms with Crippen LogP contribution in [0.5, 0.6) is 0 Å². The molecule has 6 nitrogen and oxygen atoms in total. The molecule has 1 aromatic heterocycles. The van der Waals surface area contributed by atoms with Crippen LogP contribution in [0.1, 0.15) is 36.0 Å². The van der Waals surface area contributed by atoms with Gasteiger partial charge in [-0.1, -0.05) is 12.8 Å². The van der Waals surface area contributed by atoms with Gasteiger partial charge in [-0.05, 0) is 31.0 Å². The molecule has 0 amide bonds. The van der Waals surface area contributed by atoms with Gasteiger partial charge in [-0.25, -0.2) is 9.59 Å². The van der Waals surface area contributed by atoms with Gasteiger partial charge < -0.3 is 14.8 Å². The molecule has 2 aromatic rings. The Morgan fingerprint density at radius 3 is 2.86 bits per heavy atom. The molecule has 0 aliphatic heterocycles. The maximum absolute atomic E-state index is 12.0. The first-order valence-corrected chi connectivity index (χ1v) is 7.22. The van der Waals surface area contributed by atoms with Crippen LogP contribution in [0.3, 0.4) is 0 Å². The maximum Gasteiger partial charge on any atom is 0.335 e. The van der Waals surface area contributed by atoms with Gasteiger partial charge in [0.25, 0.3) is 0 Å². The number of aromatic amines is 1. The highest BCUT2D eigenvalue weighted by atomic mass is 16.5. The Balaban J connectivity index is 1.76. The molecule has 1 saturated carbocycles. The quantitative estimate of drug-likeness (QED) is 0.882. The van der Waals surface area contributed by atoms with Crippen molar-refractivity contribution in [3.63, 3.8) is 0 Å². The van der Waals surface area contributed by atoms with E-state index >= 15 is 0 Å². The predicted molar refractivity (Wildman–Crippen MR) is 77.7 cm³/mol. The smallest absolute Gasteiger partial charge is 0.335 e. The molecule has 1 aromatic carbocycles. The summed E-state index contributed by atoms with van der Waals surface area (Å²) in [5, 5.41) is 8.96. The lowest BCUT2D eigenvalue weighted by Gasteiger charge is -2.11. The zero-order chi connectivity index (χ0) is 14.8. The lowest BCUT2D eigenvalue weighted by molar-refractivity contribution is 0.0531. The molecule has 0 saturated heterocycles. The third-order valence-corrected chi connectivity index (χ3v) is 3.99. The van der Waals surface area contributed by atoms with Crippen molar-refractivity contribution in [1.82, 2.24) is 9.55 Å². The first-order chi connectivity index (χ1) is 10.1. The summed E-state index contributed by atoms with van der Waals surface area (Å²) in [4.78, 5) is 25.6. The first-order valence-electron chi connectivity index (χ1n) is 7.22. The second-order valence-electron chi connectivity index (χ2n) is 5.40. The summed E-state index contributed by atoms with van der Waals surface area (Å²) in [6.45, 7) is 0.972. The van der Waals surface area contributed by atoms with Gasteiger partial charge in [-0.15, -0.1) is 0 Å². The monoisotopic (exact) mass is 290 g/mol. The second-order valence-corrected chi connectivity index (χ2v) is 5.40. The van der Waals surface area contributed by atoms with Crippen molar-refractivity contribution in [3.05, 3.63) is 34.2 Å². The predicted octanol–water partition coefficient (Wildman–Crippen LogP) is 1.99. The summed E-state index contributed by atoms with van der Waals surface area (Å²) >= 11 is 0. The molecule has 1 heterocycles. The molecule has 112 valence electrons. The lowest BCUT2D eigenvalue weighted by Crippen LogP contribution is -2.21. The number of fused-ring (bicyclic) bond motifs is 1. The van der Waals surface area contributed by atoms with E-state index in [0.717, 1.165) is 12.8 Å². The number of carboxylic acid groups (broad SMARTS) is 1. The van der Waals surface area contributed by atoms with Crippen molar-refractivity contribution >= 4 is 17.0 Å². The van der Waals surface area contributed by atoms with Gasteiger partial charge >= 0.3 is 11.7 Å². The van der Waals surface area contributed by atoms with E-state index in [2.05, 4.69) is 4.98 Å². The van der Waals surface area contributed by atoms with E-state index < -0.39 is 5.97 Å². The van der Waals surface area contributed by atoms with Gasteiger partial charge in [0.15, 0.2) is 0 Å². The molecule has 0 unspecified atom stereocenters. The molecule has 0 atom stereocenters. The minimum absolute atomic E-state index is 0.165. The van der Waals surface area contributed by atoms with E-state index in [1.54, 1.807) is 10.6 Å². The summed E-state index contributed by atoms with van der Waals surface area (Å²) in [5.74, 6) is -1.00. The van der Waals surface area contributed by atoms with Crippen molar-refractivity contribution in [2.24, 2.45) is 0 Å². The van der Waals surface area contributed by atoms with Crippen molar-refractivity contribution in [1.29, 1.82) is 0 Å². The number of ether oxygens (including phenoxy) is 1. The summed E-state index contributed by atoms with van der Waals surface area (Å²) in [6.07, 6.45) is 4.96. The number of hydrogen-bond acceptors (Lipinski definition) is 3. The lowest BCUT2D eigenvalue weighted by atomic mass is 10.2. The SMILES string of the molecule is O=C(O)c1ccc2c(c1)[nH]c(=O)n2CCOC1CCCC1. The molecule has 6 heteroatoms. The van der Waals surface area contributed by atoms with Crippen LogP contribution in [0.15, 0.2) is 23.0 Å². The Morgan fingerprint density at radius 1 is 1.38 bits per heavy atom. The van der Waals surface area contributed by atoms with Crippen LogP contribution in [0.25, 0.3) is 11.0 Å². The number of nitrogens with one attached hydrogen (secondary N) is 1. The number of rotatable bonds is 5. The number of nitrogens with zero attached hydrogens (tertiary/aromatic N) is 1. The number of benzene rings is 1. The molecular formula is C15H18N2O4. The highest BCUT2D eigenvalue weighted by Crippen LogP contribution is 2.21. The summed E-state index contributed by atoms with van der Waals surface area (Å²) < 4.78 is 7.37. The molecule has 3 rings (SSSR count). The number of aromatic nitrogens is 2. The van der Waals surface area contributed by atoms with Gasteiger partial charge in [-0.3, -0.25) is 4.57 Å². The molecule has 0 bridgehead atoms. The number of hydrogen-bond donors (Lipinski definition) is 2. The maximum atomic E-state index is 12.0. The fourth-order valence-electron chi connectivity index (χ4n) is 2.88. The van der Waals surface area contributed by atoms with Crippen LogP contribution >= 0.6 is 0 Å². The Kier molecular flexibility index (Phi) is 3.79. The molecule has 1 aliphatic carbocycles. The topological polar surface area (TPSA) is 84.3 Å². The third kappa shape index (κ3) is 2.85. The average molecular weight is 290 g/mol. The summed E-state index contributed by atoms with van der Waals surface area (Å²) in [7, 11) is 0. The highest BCUT2D eigenvalue weighted by molar-refractivity contribution is 5.92. The molecule has 0 radical (unpaired) electrons. The average Bonchev–Trinajstić information content (AvgIpc) is 3.06. The van der Waals surface area contributed by atoms with Gasteiger partial charge in [0.05, 0.1) is 35.9 Å². The van der Waals surface area contributed by atoms with E-state index in [1.807, 2.05) is 0 Å². The molecule has 21 heavy (non-hydrogen) atoms. The standard InChI is InChI=1S/C15H18N2O4/c18-14(19)10-5-6-13-12(9-10)16-15(20)17(13)7-8-21-11-3-1-2-4-11/h5-6,9,11H,1-4,7-8H2,(H,16,20)(H,18,19). The van der Waals surface area contributed by atoms with Crippen molar-refractivity contribution in [3.8, 4) is 0 Å². The Hall–Kier alpha value is -2.08. The van der Waals surface area contributed by atoms with Crippen LogP contribution in [0, 0.1) is 0 Å². The summed E-state index contributed by atoms with van der Waals surface area (Å²) in [6, 6.07) is 4.64. The van der Waals surface area contributed by atoms with Gasteiger partial charge in [0, 0.05) is 0 Å². The number of H-pyrrole nitrogens is 1. The largest absolute Gasteiger partial charge is 0.478 e. The van der Waals surface area contributed by atoms with E-state index in [1.165, 1.54) is 25.0 Å². The second kappa shape index (κ2) is 5.73. The number of carbonyl (C=O) groups is 1. The fourth-order valence-corrected chi connectivity index (χ4v) is 2.88. The Bertz CT molecular complexity index is 710. The number of aromatic carboxylic acids is 1. The Labute approximate surface area is 121 Å². The van der Waals surface area contributed by atoms with Crippen LogP contribution in [0.4, 0.5) is 0 Å². The zero-order valence-electron chi connectivity index (χ0n) is 11.7. The van der Waals surface area contributed by atoms with Crippen LogP contribution in [-0.2, 0) is 11.3 Å². The van der Waals surface area contributed by atoms with Crippen molar-refractivity contribution < 1.29 is 14.6 Å². The van der Waals surface area contributed by atoms with Gasteiger partial charge in [0.2, 0.25) is 0 Å². The number of imidazole rings is 1. The van der Waals surface area contributed by atoms with Crippen molar-refractivity contribution in [2.45, 2.75) is 38.3 Å². The molecular weight excluding hydrogens is 272 g/mol. The van der Waals surface area contributed by atoms with E-state index in [9.17, 15) is 9.59 Å². The van der Waals surface area contributed by atoms with Crippen LogP contribution in [0.2, 0.25) is 0 Å². The Morgan fingerprint density at radius 2 is 2.14 bits per heavy atom. The first kappa shape index (κ1) is 13.9. The van der Waals surface area contributed by atoms with Crippen molar-refractivity contribution in [2.75, 3.05) is 6.61 Å². The normalized spacial score (nSPS) is 15.8. The molecule has 2 N–H and O–H groups in total. The third-order valence-electron chi connectivity index (χ3n) is 3.99. The van der Waals surface area contributed by atoms with Crippen LogP contribution < -0.4 is 5.69 Å². The minimum Gasteiger partial charge on any atom is -0.478 e. The summed E-state index contributed by atoms with van der Waals surface area (Å²) in [5.41, 5.74) is 1.18. The van der Waals surface area contributed by atoms with E-state index in [0.29, 0.717) is 30.3 Å². The highest BCUT2D eigenvalue weighted by Gasteiger charge is 2.15.